The maximum Gasteiger partial charge on any atom is 0.324 e. The minimum absolute atomic E-state index is 0.0912. The van der Waals surface area contributed by atoms with Crippen LogP contribution in [0.2, 0.25) is 0 Å². The molecule has 0 bridgehead atoms. The lowest BCUT2D eigenvalue weighted by Gasteiger charge is -2.13. The number of nitro benzene ring substituents is 1. The molecule has 1 atom stereocenters. The average molecular weight is 440 g/mol. The zero-order valence-corrected chi connectivity index (χ0v) is 18.0. The molecule has 156 valence electrons. The number of aryl methyl sites for hydroxylation is 1. The summed E-state index contributed by atoms with van der Waals surface area (Å²) in [4.78, 5) is 22.3. The maximum absolute atomic E-state index is 12.6. The second kappa shape index (κ2) is 8.83. The van der Waals surface area contributed by atoms with E-state index in [2.05, 4.69) is 0 Å². The van der Waals surface area contributed by atoms with Crippen LogP contribution in [-0.4, -0.2) is 35.5 Å². The van der Waals surface area contributed by atoms with Crippen LogP contribution >= 0.6 is 0 Å². The van der Waals surface area contributed by atoms with Crippen molar-refractivity contribution in [3.05, 3.63) is 57.6 Å². The van der Waals surface area contributed by atoms with E-state index in [9.17, 15) is 27.5 Å². The Bertz CT molecular complexity index is 1090. The first-order valence-corrected chi connectivity index (χ1v) is 11.8. The number of nitro groups is 1. The molecule has 29 heavy (non-hydrogen) atoms. The molecule has 2 aromatic carbocycles. The number of benzene rings is 2. The molecule has 0 heterocycles. The quantitative estimate of drug-likeness (QED) is 0.281. The summed E-state index contributed by atoms with van der Waals surface area (Å²) >= 11 is 0. The fourth-order valence-corrected chi connectivity index (χ4v) is 4.26. The van der Waals surface area contributed by atoms with Crippen LogP contribution in [-0.2, 0) is 25.4 Å². The van der Waals surface area contributed by atoms with Crippen LogP contribution in [0.5, 0.6) is 5.75 Å². The van der Waals surface area contributed by atoms with Crippen LogP contribution < -0.4 is 4.74 Å². The molecule has 8 nitrogen and oxygen atoms in total. The first kappa shape index (κ1) is 22.7. The third-order valence-corrected chi connectivity index (χ3v) is 6.51. The molecule has 0 saturated carbocycles. The number of carbonyl (C=O) groups excluding carboxylic acids is 1. The minimum atomic E-state index is -3.68. The number of hydrogen-bond acceptors (Lipinski definition) is 7. The minimum Gasteiger partial charge on any atom is -0.426 e. The number of ether oxygens (including phenoxy) is 1. The number of hydrogen-bond donors (Lipinski definition) is 0. The average Bonchev–Trinajstić information content (AvgIpc) is 2.59. The van der Waals surface area contributed by atoms with Gasteiger partial charge >= 0.3 is 5.97 Å². The van der Waals surface area contributed by atoms with E-state index in [1.807, 2.05) is 32.9 Å². The van der Waals surface area contributed by atoms with E-state index in [1.54, 1.807) is 6.07 Å². The van der Waals surface area contributed by atoms with Crippen molar-refractivity contribution < 1.29 is 27.1 Å². The summed E-state index contributed by atoms with van der Waals surface area (Å²) in [7, 11) is -5.77. The molecule has 0 N–H and O–H groups in total. The molecule has 0 aliphatic heterocycles. The number of sulfone groups is 1. The van der Waals surface area contributed by atoms with Crippen LogP contribution in [0.25, 0.3) is 0 Å². The standard InChI is InChI=1S/C19H21NO7S2/c1-12(2)15-7-5-13(3)9-17(15)27-19(21)11-28(24)18-8-6-14(29(4,25)26)10-16(18)20(22)23/h5-10,12H,11H2,1-4H3/t28-/m0/s1. The molecule has 2 aromatic rings. The fraction of sp³-hybridized carbons (Fsp3) is 0.316. The van der Waals surface area contributed by atoms with Crippen LogP contribution in [0.15, 0.2) is 46.2 Å². The van der Waals surface area contributed by atoms with E-state index >= 15 is 0 Å². The Morgan fingerprint density at radius 3 is 2.41 bits per heavy atom. The highest BCUT2D eigenvalue weighted by molar-refractivity contribution is 7.90. The van der Waals surface area contributed by atoms with Crippen LogP contribution in [0, 0.1) is 17.0 Å². The van der Waals surface area contributed by atoms with Crippen molar-refractivity contribution in [3.8, 4) is 5.75 Å². The predicted octanol–water partition coefficient (Wildman–Crippen LogP) is 3.14. The first-order valence-electron chi connectivity index (χ1n) is 8.58. The first-order chi connectivity index (χ1) is 13.4. The van der Waals surface area contributed by atoms with Gasteiger partial charge in [0.15, 0.2) is 9.84 Å². The van der Waals surface area contributed by atoms with E-state index in [0.717, 1.165) is 35.6 Å². The van der Waals surface area contributed by atoms with Gasteiger partial charge in [-0.1, -0.05) is 26.0 Å². The molecule has 2 rings (SSSR count). The molecule has 10 heteroatoms. The molecule has 0 radical (unpaired) electrons. The Morgan fingerprint density at radius 1 is 1.21 bits per heavy atom. The molecule has 0 fully saturated rings. The topological polar surface area (TPSA) is 121 Å². The Balaban J connectivity index is 2.28. The Kier molecular flexibility index (Phi) is 6.91. The molecule has 0 amide bonds. The lowest BCUT2D eigenvalue weighted by molar-refractivity contribution is -0.388. The normalized spacial score (nSPS) is 12.6. The van der Waals surface area contributed by atoms with Crippen molar-refractivity contribution in [2.75, 3.05) is 12.0 Å². The summed E-state index contributed by atoms with van der Waals surface area (Å²) < 4.78 is 41.2. The molecule has 0 aliphatic rings. The van der Waals surface area contributed by atoms with Crippen LogP contribution in [0.4, 0.5) is 5.69 Å². The van der Waals surface area contributed by atoms with Gasteiger partial charge in [-0.25, -0.2) is 8.42 Å². The van der Waals surface area contributed by atoms with E-state index in [4.69, 9.17) is 4.74 Å². The van der Waals surface area contributed by atoms with E-state index in [-0.39, 0.29) is 15.7 Å². The van der Waals surface area contributed by atoms with Gasteiger partial charge in [0, 0.05) is 12.3 Å². The molecule has 0 saturated heterocycles. The van der Waals surface area contributed by atoms with Gasteiger partial charge in [-0.2, -0.15) is 0 Å². The van der Waals surface area contributed by atoms with Gasteiger partial charge < -0.3 is 4.74 Å². The number of nitrogens with zero attached hydrogens (tertiary/aromatic N) is 1. The Labute approximate surface area is 171 Å². The van der Waals surface area contributed by atoms with Gasteiger partial charge in [-0.3, -0.25) is 19.1 Å². The van der Waals surface area contributed by atoms with Crippen molar-refractivity contribution in [3.63, 3.8) is 0 Å². The van der Waals surface area contributed by atoms with Gasteiger partial charge in [0.1, 0.15) is 16.4 Å². The summed E-state index contributed by atoms with van der Waals surface area (Å²) in [6.07, 6.45) is 0.911. The van der Waals surface area contributed by atoms with Crippen molar-refractivity contribution in [1.82, 2.24) is 0 Å². The molecular weight excluding hydrogens is 418 g/mol. The molecule has 0 aliphatic carbocycles. The summed E-state index contributed by atoms with van der Waals surface area (Å²) in [6, 6.07) is 8.47. The van der Waals surface area contributed by atoms with E-state index < -0.39 is 43.0 Å². The van der Waals surface area contributed by atoms with Crippen LogP contribution in [0.1, 0.15) is 30.9 Å². The molecule has 0 aromatic heterocycles. The third kappa shape index (κ3) is 5.70. The molecule has 0 spiro atoms. The smallest absolute Gasteiger partial charge is 0.324 e. The summed E-state index contributed by atoms with van der Waals surface area (Å²) in [5.41, 5.74) is 1.06. The fourth-order valence-electron chi connectivity index (χ4n) is 2.61. The highest BCUT2D eigenvalue weighted by Crippen LogP contribution is 2.29. The second-order valence-electron chi connectivity index (χ2n) is 6.82. The van der Waals surface area contributed by atoms with Gasteiger partial charge in [0.05, 0.1) is 20.6 Å². The number of esters is 1. The number of rotatable bonds is 7. The highest BCUT2D eigenvalue weighted by atomic mass is 32.2. The largest absolute Gasteiger partial charge is 0.426 e. The molecule has 0 unspecified atom stereocenters. The lowest BCUT2D eigenvalue weighted by atomic mass is 10.0. The van der Waals surface area contributed by atoms with Crippen LogP contribution in [0.3, 0.4) is 0 Å². The van der Waals surface area contributed by atoms with Gasteiger partial charge in [-0.05, 0) is 42.2 Å². The SMILES string of the molecule is Cc1ccc(C(C)C)c(OC(=O)C[S@](=O)c2ccc(S(C)(=O)=O)cc2[N+](=O)[O-])c1. The van der Waals surface area contributed by atoms with Crippen molar-refractivity contribution in [1.29, 1.82) is 0 Å². The highest BCUT2D eigenvalue weighted by Gasteiger charge is 2.25. The van der Waals surface area contributed by atoms with Gasteiger partial charge in [-0.15, -0.1) is 0 Å². The Morgan fingerprint density at radius 2 is 1.86 bits per heavy atom. The lowest BCUT2D eigenvalue weighted by Crippen LogP contribution is -2.18. The maximum atomic E-state index is 12.6. The zero-order chi connectivity index (χ0) is 21.9. The Hall–Kier alpha value is -2.59. The third-order valence-electron chi connectivity index (χ3n) is 4.06. The van der Waals surface area contributed by atoms with Crippen molar-refractivity contribution in [2.45, 2.75) is 36.5 Å². The summed E-state index contributed by atoms with van der Waals surface area (Å²) in [5.74, 6) is -0.973. The van der Waals surface area contributed by atoms with Gasteiger partial charge in [0.2, 0.25) is 0 Å². The second-order valence-corrected chi connectivity index (χ2v) is 10.3. The van der Waals surface area contributed by atoms with E-state index in [1.165, 1.54) is 0 Å². The van der Waals surface area contributed by atoms with Crippen molar-refractivity contribution >= 4 is 32.3 Å². The summed E-state index contributed by atoms with van der Waals surface area (Å²) in [6.45, 7) is 5.71. The zero-order valence-electron chi connectivity index (χ0n) is 16.4. The van der Waals surface area contributed by atoms with Gasteiger partial charge in [0.25, 0.3) is 5.69 Å². The molecular formula is C19H21NO7S2. The van der Waals surface area contributed by atoms with E-state index in [0.29, 0.717) is 5.75 Å². The summed E-state index contributed by atoms with van der Waals surface area (Å²) in [5, 5.41) is 11.3. The number of carbonyl (C=O) groups is 1. The monoisotopic (exact) mass is 439 g/mol. The van der Waals surface area contributed by atoms with Crippen molar-refractivity contribution in [2.24, 2.45) is 0 Å². The predicted molar refractivity (Wildman–Crippen MR) is 108 cm³/mol.